The molecular formula is C16H23NO4. The van der Waals surface area contributed by atoms with Crippen molar-refractivity contribution in [1.82, 2.24) is 4.90 Å². The molecule has 21 heavy (non-hydrogen) atoms. The highest BCUT2D eigenvalue weighted by atomic mass is 16.6. The first-order chi connectivity index (χ1) is 10.0. The molecule has 0 saturated heterocycles. The molecule has 0 saturated carbocycles. The lowest BCUT2D eigenvalue weighted by Crippen LogP contribution is -2.36. The Kier molecular flexibility index (Phi) is 5.07. The average molecular weight is 293 g/mol. The van der Waals surface area contributed by atoms with Crippen molar-refractivity contribution in [1.29, 1.82) is 0 Å². The second-order valence-corrected chi connectivity index (χ2v) is 5.36. The summed E-state index contributed by atoms with van der Waals surface area (Å²) in [7, 11) is 0. The number of nitrogens with zero attached hydrogens (tertiary/aromatic N) is 1. The molecular weight excluding hydrogens is 270 g/mol. The Balaban J connectivity index is 2.17. The Labute approximate surface area is 125 Å². The largest absolute Gasteiger partial charge is 0.486 e. The highest BCUT2D eigenvalue weighted by Crippen LogP contribution is 2.34. The fraction of sp³-hybridized carbons (Fsp3) is 0.562. The van der Waals surface area contributed by atoms with Crippen LogP contribution in [0.15, 0.2) is 18.2 Å². The molecule has 1 aromatic rings. The van der Waals surface area contributed by atoms with Gasteiger partial charge in [-0.2, -0.15) is 0 Å². The Bertz CT molecular complexity index is 503. The van der Waals surface area contributed by atoms with E-state index < -0.39 is 5.97 Å². The van der Waals surface area contributed by atoms with Crippen molar-refractivity contribution >= 4 is 5.97 Å². The molecule has 1 aliphatic rings. The number of hydrogen-bond acceptors (Lipinski definition) is 4. The molecule has 1 aromatic carbocycles. The number of hydrogen-bond donors (Lipinski definition) is 1. The first-order valence-corrected chi connectivity index (χ1v) is 7.40. The van der Waals surface area contributed by atoms with Gasteiger partial charge in [-0.05, 0) is 38.1 Å². The van der Waals surface area contributed by atoms with E-state index in [0.717, 1.165) is 23.6 Å². The van der Waals surface area contributed by atoms with Crippen molar-refractivity contribution in [3.63, 3.8) is 0 Å². The van der Waals surface area contributed by atoms with Gasteiger partial charge in [-0.1, -0.05) is 13.0 Å². The van der Waals surface area contributed by atoms with E-state index in [1.54, 1.807) is 0 Å². The van der Waals surface area contributed by atoms with Gasteiger partial charge in [-0.25, -0.2) is 0 Å². The molecule has 1 heterocycles. The number of carboxylic acids is 1. The topological polar surface area (TPSA) is 59.0 Å². The van der Waals surface area contributed by atoms with Gasteiger partial charge in [0, 0.05) is 12.1 Å². The van der Waals surface area contributed by atoms with Gasteiger partial charge in [-0.3, -0.25) is 9.69 Å². The van der Waals surface area contributed by atoms with Crippen molar-refractivity contribution in [3.8, 4) is 11.5 Å². The van der Waals surface area contributed by atoms with Crippen LogP contribution in [0.1, 0.15) is 38.8 Å². The molecule has 2 atom stereocenters. The van der Waals surface area contributed by atoms with Crippen LogP contribution in [0, 0.1) is 0 Å². The molecule has 116 valence electrons. The van der Waals surface area contributed by atoms with Crippen molar-refractivity contribution in [3.05, 3.63) is 23.8 Å². The summed E-state index contributed by atoms with van der Waals surface area (Å²) >= 11 is 0. The number of fused-ring (bicyclic) bond motifs is 1. The fourth-order valence-corrected chi connectivity index (χ4v) is 2.85. The molecule has 2 rings (SSSR count). The Morgan fingerprint density at radius 1 is 1.29 bits per heavy atom. The second kappa shape index (κ2) is 6.80. The molecule has 0 radical (unpaired) electrons. The maximum atomic E-state index is 10.9. The zero-order valence-corrected chi connectivity index (χ0v) is 12.8. The molecule has 2 unspecified atom stereocenters. The SMILES string of the molecule is CCN(C(C)CC(=O)O)C(C)c1ccc2c(c1)OCCO2. The van der Waals surface area contributed by atoms with Crippen molar-refractivity contribution in [2.75, 3.05) is 19.8 Å². The zero-order valence-electron chi connectivity index (χ0n) is 12.8. The van der Waals surface area contributed by atoms with Gasteiger partial charge in [0.1, 0.15) is 13.2 Å². The van der Waals surface area contributed by atoms with Crippen LogP contribution in [0.25, 0.3) is 0 Å². The van der Waals surface area contributed by atoms with Gasteiger partial charge >= 0.3 is 5.97 Å². The van der Waals surface area contributed by atoms with Crippen LogP contribution in [0.5, 0.6) is 11.5 Å². The number of aliphatic carboxylic acids is 1. The summed E-state index contributed by atoms with van der Waals surface area (Å²) in [5, 5.41) is 8.98. The molecule has 0 amide bonds. The van der Waals surface area contributed by atoms with Gasteiger partial charge < -0.3 is 14.6 Å². The molecule has 1 N–H and O–H groups in total. The quantitative estimate of drug-likeness (QED) is 0.874. The minimum absolute atomic E-state index is 0.0179. The molecule has 0 bridgehead atoms. The van der Waals surface area contributed by atoms with Crippen LogP contribution < -0.4 is 9.47 Å². The maximum Gasteiger partial charge on any atom is 0.304 e. The number of rotatable bonds is 6. The summed E-state index contributed by atoms with van der Waals surface area (Å²) in [6.07, 6.45) is 0.142. The third-order valence-electron chi connectivity index (χ3n) is 3.95. The summed E-state index contributed by atoms with van der Waals surface area (Å²) in [5.41, 5.74) is 1.11. The molecule has 0 aliphatic carbocycles. The standard InChI is InChI=1S/C16H23NO4/c1-4-17(11(2)9-16(18)19)12(3)13-5-6-14-15(10-13)21-8-7-20-14/h5-6,10-12H,4,7-9H2,1-3H3,(H,18,19). The summed E-state index contributed by atoms with van der Waals surface area (Å²) < 4.78 is 11.1. The van der Waals surface area contributed by atoms with Gasteiger partial charge in [0.05, 0.1) is 6.42 Å². The lowest BCUT2D eigenvalue weighted by Gasteiger charge is -2.33. The number of carboxylic acid groups (broad SMARTS) is 1. The van der Waals surface area contributed by atoms with Crippen LogP contribution in [0.3, 0.4) is 0 Å². The van der Waals surface area contributed by atoms with E-state index >= 15 is 0 Å². The van der Waals surface area contributed by atoms with Crippen LogP contribution in [0.4, 0.5) is 0 Å². The fourth-order valence-electron chi connectivity index (χ4n) is 2.85. The Hall–Kier alpha value is -1.75. The van der Waals surface area contributed by atoms with Gasteiger partial charge in [-0.15, -0.1) is 0 Å². The van der Waals surface area contributed by atoms with Crippen LogP contribution in [0.2, 0.25) is 0 Å². The summed E-state index contributed by atoms with van der Waals surface area (Å²) in [4.78, 5) is 13.1. The third-order valence-corrected chi connectivity index (χ3v) is 3.95. The van der Waals surface area contributed by atoms with E-state index in [0.29, 0.717) is 13.2 Å². The molecule has 0 spiro atoms. The lowest BCUT2D eigenvalue weighted by molar-refractivity contribution is -0.138. The number of ether oxygens (including phenoxy) is 2. The molecule has 1 aliphatic heterocycles. The van der Waals surface area contributed by atoms with Crippen LogP contribution in [-0.2, 0) is 4.79 Å². The predicted octanol–water partition coefficient (Wildman–Crippen LogP) is 2.70. The number of benzene rings is 1. The van der Waals surface area contributed by atoms with Crippen molar-refractivity contribution in [2.45, 2.75) is 39.3 Å². The first kappa shape index (κ1) is 15.6. The van der Waals surface area contributed by atoms with E-state index in [1.165, 1.54) is 0 Å². The summed E-state index contributed by atoms with van der Waals surface area (Å²) in [5.74, 6) is 0.779. The lowest BCUT2D eigenvalue weighted by atomic mass is 10.0. The Morgan fingerprint density at radius 2 is 1.95 bits per heavy atom. The van der Waals surface area contributed by atoms with Crippen LogP contribution >= 0.6 is 0 Å². The van der Waals surface area contributed by atoms with Gasteiger partial charge in [0.15, 0.2) is 11.5 Å². The monoisotopic (exact) mass is 293 g/mol. The minimum Gasteiger partial charge on any atom is -0.486 e. The highest BCUT2D eigenvalue weighted by molar-refractivity contribution is 5.67. The summed E-state index contributed by atoms with van der Waals surface area (Å²) in [6, 6.07) is 6.05. The van der Waals surface area contributed by atoms with E-state index in [1.807, 2.05) is 32.0 Å². The smallest absolute Gasteiger partial charge is 0.304 e. The zero-order chi connectivity index (χ0) is 15.4. The third kappa shape index (κ3) is 3.67. The minimum atomic E-state index is -0.768. The highest BCUT2D eigenvalue weighted by Gasteiger charge is 2.23. The Morgan fingerprint density at radius 3 is 2.57 bits per heavy atom. The molecule has 5 nitrogen and oxygen atoms in total. The van der Waals surface area contributed by atoms with Crippen molar-refractivity contribution < 1.29 is 19.4 Å². The maximum absolute atomic E-state index is 10.9. The first-order valence-electron chi connectivity index (χ1n) is 7.40. The van der Waals surface area contributed by atoms with Gasteiger partial charge in [0.25, 0.3) is 0 Å². The summed E-state index contributed by atoms with van der Waals surface area (Å²) in [6.45, 7) is 8.03. The number of carbonyl (C=O) groups is 1. The van der Waals surface area contributed by atoms with Gasteiger partial charge in [0.2, 0.25) is 0 Å². The van der Waals surface area contributed by atoms with E-state index in [9.17, 15) is 4.79 Å². The van der Waals surface area contributed by atoms with E-state index in [-0.39, 0.29) is 18.5 Å². The van der Waals surface area contributed by atoms with E-state index in [2.05, 4.69) is 11.8 Å². The van der Waals surface area contributed by atoms with Crippen molar-refractivity contribution in [2.24, 2.45) is 0 Å². The molecule has 0 aromatic heterocycles. The normalized spacial score (nSPS) is 16.6. The molecule has 5 heteroatoms. The second-order valence-electron chi connectivity index (χ2n) is 5.36. The van der Waals surface area contributed by atoms with E-state index in [4.69, 9.17) is 14.6 Å². The predicted molar refractivity (Wildman–Crippen MR) is 79.9 cm³/mol. The average Bonchev–Trinajstić information content (AvgIpc) is 2.46. The van der Waals surface area contributed by atoms with Crippen LogP contribution in [-0.4, -0.2) is 41.8 Å². The molecule has 0 fully saturated rings.